The van der Waals surface area contributed by atoms with Crippen molar-refractivity contribution < 1.29 is 14.6 Å². The number of aliphatic hydroxyl groups is 1. The molecule has 0 unspecified atom stereocenters. The van der Waals surface area contributed by atoms with Crippen molar-refractivity contribution in [2.45, 2.75) is 6.92 Å². The summed E-state index contributed by atoms with van der Waals surface area (Å²) in [5, 5.41) is 13.1. The number of aryl methyl sites for hydroxylation is 2. The van der Waals surface area contributed by atoms with Crippen LogP contribution in [0.3, 0.4) is 0 Å². The summed E-state index contributed by atoms with van der Waals surface area (Å²) < 4.78 is 6.49. The maximum Gasteiger partial charge on any atom is 0.272 e. The molecule has 0 saturated heterocycles. The lowest BCUT2D eigenvalue weighted by Gasteiger charge is -2.21. The number of aliphatic hydroxyl groups excluding tert-OH is 1. The number of methoxy groups -OCH3 is 1. The number of rotatable bonds is 6. The molecule has 0 fully saturated rings. The van der Waals surface area contributed by atoms with Gasteiger partial charge in [0.2, 0.25) is 0 Å². The van der Waals surface area contributed by atoms with Gasteiger partial charge in [-0.25, -0.2) is 0 Å². The Balaban J connectivity index is 2.79. The molecule has 0 saturated carbocycles. The Morgan fingerprint density at radius 3 is 2.76 bits per heavy atom. The Labute approximate surface area is 101 Å². The summed E-state index contributed by atoms with van der Waals surface area (Å²) in [5.41, 5.74) is 1.32. The van der Waals surface area contributed by atoms with Gasteiger partial charge in [0.25, 0.3) is 5.91 Å². The number of nitrogens with zero attached hydrogens (tertiary/aromatic N) is 3. The molecule has 0 aromatic carbocycles. The molecule has 96 valence electrons. The van der Waals surface area contributed by atoms with Crippen molar-refractivity contribution in [3.8, 4) is 0 Å². The van der Waals surface area contributed by atoms with Crippen LogP contribution < -0.4 is 0 Å². The molecule has 6 heteroatoms. The van der Waals surface area contributed by atoms with E-state index >= 15 is 0 Å². The lowest BCUT2D eigenvalue weighted by Crippen LogP contribution is -2.37. The molecule has 1 aromatic heterocycles. The van der Waals surface area contributed by atoms with Crippen LogP contribution in [0.2, 0.25) is 0 Å². The molecule has 0 aliphatic carbocycles. The van der Waals surface area contributed by atoms with Gasteiger partial charge in [0.15, 0.2) is 0 Å². The highest BCUT2D eigenvalue weighted by Gasteiger charge is 2.18. The second kappa shape index (κ2) is 6.36. The quantitative estimate of drug-likeness (QED) is 0.749. The van der Waals surface area contributed by atoms with Crippen LogP contribution in [0.4, 0.5) is 0 Å². The molecular formula is C11H19N3O3. The van der Waals surface area contributed by atoms with Crippen LogP contribution >= 0.6 is 0 Å². The molecule has 1 N–H and O–H groups in total. The van der Waals surface area contributed by atoms with Gasteiger partial charge in [0.05, 0.1) is 18.9 Å². The Morgan fingerprint density at radius 2 is 2.29 bits per heavy atom. The second-order valence-corrected chi connectivity index (χ2v) is 3.80. The number of aromatic nitrogens is 2. The molecule has 1 amide bonds. The number of ether oxygens (including phenoxy) is 1. The van der Waals surface area contributed by atoms with Gasteiger partial charge in [0, 0.05) is 27.2 Å². The Hall–Kier alpha value is -1.40. The summed E-state index contributed by atoms with van der Waals surface area (Å²) in [7, 11) is 3.31. The van der Waals surface area contributed by atoms with Crippen LogP contribution in [0.5, 0.6) is 0 Å². The number of hydrogen-bond donors (Lipinski definition) is 1. The molecule has 0 radical (unpaired) electrons. The van der Waals surface area contributed by atoms with Crippen LogP contribution in [0.25, 0.3) is 0 Å². The second-order valence-electron chi connectivity index (χ2n) is 3.80. The molecule has 6 nitrogen and oxygen atoms in total. The molecule has 0 spiro atoms. The van der Waals surface area contributed by atoms with Crippen molar-refractivity contribution in [3.05, 3.63) is 17.5 Å². The van der Waals surface area contributed by atoms with Crippen molar-refractivity contribution in [3.63, 3.8) is 0 Å². The fraction of sp³-hybridized carbons (Fsp3) is 0.636. The van der Waals surface area contributed by atoms with Gasteiger partial charge in [-0.15, -0.1) is 0 Å². The molecule has 0 aliphatic rings. The molecule has 0 bridgehead atoms. The van der Waals surface area contributed by atoms with Gasteiger partial charge in [-0.1, -0.05) is 0 Å². The maximum absolute atomic E-state index is 12.2. The first kappa shape index (κ1) is 13.7. The predicted octanol–water partition coefficient (Wildman–Crippen LogP) is -0.191. The van der Waals surface area contributed by atoms with Crippen molar-refractivity contribution >= 4 is 5.91 Å². The van der Waals surface area contributed by atoms with E-state index in [-0.39, 0.29) is 12.5 Å². The van der Waals surface area contributed by atoms with Crippen molar-refractivity contribution in [1.82, 2.24) is 14.7 Å². The predicted molar refractivity (Wildman–Crippen MR) is 62.8 cm³/mol. The molecule has 0 atom stereocenters. The third kappa shape index (κ3) is 3.54. The van der Waals surface area contributed by atoms with E-state index in [1.54, 1.807) is 29.8 Å². The summed E-state index contributed by atoms with van der Waals surface area (Å²) in [4.78, 5) is 13.7. The third-order valence-electron chi connectivity index (χ3n) is 2.44. The minimum Gasteiger partial charge on any atom is -0.395 e. The summed E-state index contributed by atoms with van der Waals surface area (Å²) in [6.45, 7) is 2.98. The van der Waals surface area contributed by atoms with Crippen LogP contribution in [0.1, 0.15) is 16.2 Å². The smallest absolute Gasteiger partial charge is 0.272 e. The fourth-order valence-electron chi connectivity index (χ4n) is 1.61. The first-order valence-electron chi connectivity index (χ1n) is 5.50. The van der Waals surface area contributed by atoms with Gasteiger partial charge < -0.3 is 14.7 Å². The van der Waals surface area contributed by atoms with Crippen molar-refractivity contribution in [1.29, 1.82) is 0 Å². The largest absolute Gasteiger partial charge is 0.395 e. The van der Waals surface area contributed by atoms with E-state index in [0.29, 0.717) is 25.4 Å². The number of carbonyl (C=O) groups is 1. The van der Waals surface area contributed by atoms with Gasteiger partial charge in [0.1, 0.15) is 5.69 Å². The SMILES string of the molecule is COCCN(CCO)C(=O)c1cc(C)nn1C. The van der Waals surface area contributed by atoms with Crippen LogP contribution in [-0.4, -0.2) is 59.1 Å². The van der Waals surface area contributed by atoms with Crippen molar-refractivity contribution in [2.75, 3.05) is 33.4 Å². The summed E-state index contributed by atoms with van der Waals surface area (Å²) >= 11 is 0. The topological polar surface area (TPSA) is 67.6 Å². The molecule has 17 heavy (non-hydrogen) atoms. The molecule has 1 heterocycles. The van der Waals surface area contributed by atoms with E-state index in [0.717, 1.165) is 5.69 Å². The summed E-state index contributed by atoms with van der Waals surface area (Å²) in [6.07, 6.45) is 0. The van der Waals surface area contributed by atoms with E-state index in [4.69, 9.17) is 9.84 Å². The highest BCUT2D eigenvalue weighted by molar-refractivity contribution is 5.92. The Bertz CT molecular complexity index is 376. The Kier molecular flexibility index (Phi) is 5.11. The zero-order valence-corrected chi connectivity index (χ0v) is 10.5. The van der Waals surface area contributed by atoms with Crippen LogP contribution in [-0.2, 0) is 11.8 Å². The Morgan fingerprint density at radius 1 is 1.59 bits per heavy atom. The third-order valence-corrected chi connectivity index (χ3v) is 2.44. The molecule has 1 aromatic rings. The average molecular weight is 241 g/mol. The molecule has 0 aliphatic heterocycles. The number of carbonyl (C=O) groups excluding carboxylic acids is 1. The van der Waals surface area contributed by atoms with E-state index in [1.165, 1.54) is 0 Å². The van der Waals surface area contributed by atoms with Gasteiger partial charge in [-0.2, -0.15) is 5.10 Å². The first-order valence-corrected chi connectivity index (χ1v) is 5.50. The molecule has 1 rings (SSSR count). The summed E-state index contributed by atoms with van der Waals surface area (Å²) in [5.74, 6) is -0.140. The lowest BCUT2D eigenvalue weighted by atomic mass is 10.3. The van der Waals surface area contributed by atoms with E-state index in [9.17, 15) is 4.79 Å². The highest BCUT2D eigenvalue weighted by atomic mass is 16.5. The van der Waals surface area contributed by atoms with E-state index in [2.05, 4.69) is 5.10 Å². The standard InChI is InChI=1S/C11H19N3O3/c1-9-8-10(13(2)12-9)11(16)14(4-6-15)5-7-17-3/h8,15H,4-7H2,1-3H3. The lowest BCUT2D eigenvalue weighted by molar-refractivity contribution is 0.0646. The zero-order chi connectivity index (χ0) is 12.8. The van der Waals surface area contributed by atoms with Crippen LogP contribution in [0, 0.1) is 6.92 Å². The van der Waals surface area contributed by atoms with Crippen LogP contribution in [0.15, 0.2) is 6.07 Å². The number of amides is 1. The normalized spacial score (nSPS) is 10.6. The minimum absolute atomic E-state index is 0.0632. The molecular weight excluding hydrogens is 222 g/mol. The summed E-state index contributed by atoms with van der Waals surface area (Å²) in [6, 6.07) is 1.74. The van der Waals surface area contributed by atoms with Gasteiger partial charge in [-0.3, -0.25) is 9.48 Å². The average Bonchev–Trinajstić information content (AvgIpc) is 2.63. The fourth-order valence-corrected chi connectivity index (χ4v) is 1.61. The van der Waals surface area contributed by atoms with Crippen molar-refractivity contribution in [2.24, 2.45) is 7.05 Å². The highest BCUT2D eigenvalue weighted by Crippen LogP contribution is 2.06. The maximum atomic E-state index is 12.2. The zero-order valence-electron chi connectivity index (χ0n) is 10.5. The van der Waals surface area contributed by atoms with E-state index < -0.39 is 0 Å². The van der Waals surface area contributed by atoms with Gasteiger partial charge >= 0.3 is 0 Å². The van der Waals surface area contributed by atoms with E-state index in [1.807, 2.05) is 6.92 Å². The number of hydrogen-bond acceptors (Lipinski definition) is 4. The minimum atomic E-state index is -0.140. The first-order chi connectivity index (χ1) is 8.10. The van der Waals surface area contributed by atoms with Gasteiger partial charge in [-0.05, 0) is 13.0 Å². The monoisotopic (exact) mass is 241 g/mol.